The summed E-state index contributed by atoms with van der Waals surface area (Å²) in [5, 5.41) is 10.7. The van der Waals surface area contributed by atoms with Gasteiger partial charge in [-0.15, -0.1) is 0 Å². The van der Waals surface area contributed by atoms with E-state index in [2.05, 4.69) is 4.37 Å². The van der Waals surface area contributed by atoms with E-state index in [0.717, 1.165) is 0 Å². The van der Waals surface area contributed by atoms with E-state index in [4.69, 9.17) is 9.84 Å². The highest BCUT2D eigenvalue weighted by Gasteiger charge is 2.33. The van der Waals surface area contributed by atoms with Gasteiger partial charge in [0.1, 0.15) is 0 Å². The molecule has 2 rings (SSSR count). The highest BCUT2D eigenvalue weighted by atomic mass is 32.1. The molecule has 1 amide bonds. The number of morpholine rings is 1. The number of hydrogen-bond donors (Lipinski definition) is 1. The summed E-state index contributed by atoms with van der Waals surface area (Å²) in [5.74, 6) is -1.22. The van der Waals surface area contributed by atoms with Crippen molar-refractivity contribution in [3.8, 4) is 0 Å². The average Bonchev–Trinajstić information content (AvgIpc) is 2.73. The molecule has 18 heavy (non-hydrogen) atoms. The SMILES string of the molecule is Cc1nscc1C(=O)N1CC(C(=O)O)O[C@H](C)C1. The van der Waals surface area contributed by atoms with Crippen LogP contribution in [0.5, 0.6) is 0 Å². The van der Waals surface area contributed by atoms with Gasteiger partial charge < -0.3 is 14.7 Å². The second kappa shape index (κ2) is 5.03. The molecule has 1 saturated heterocycles. The molecule has 1 unspecified atom stereocenters. The zero-order valence-electron chi connectivity index (χ0n) is 10.1. The molecule has 0 aliphatic carbocycles. The van der Waals surface area contributed by atoms with E-state index in [9.17, 15) is 9.59 Å². The fraction of sp³-hybridized carbons (Fsp3) is 0.545. The summed E-state index contributed by atoms with van der Waals surface area (Å²) in [5.41, 5.74) is 1.22. The first kappa shape index (κ1) is 13.0. The summed E-state index contributed by atoms with van der Waals surface area (Å²) in [6, 6.07) is 0. The molecule has 0 bridgehead atoms. The molecule has 6 nitrogen and oxygen atoms in total. The highest BCUT2D eigenvalue weighted by Crippen LogP contribution is 2.17. The molecule has 1 aromatic heterocycles. The van der Waals surface area contributed by atoms with Crippen molar-refractivity contribution in [1.29, 1.82) is 0 Å². The van der Waals surface area contributed by atoms with E-state index in [0.29, 0.717) is 17.8 Å². The number of nitrogens with zero attached hydrogens (tertiary/aromatic N) is 2. The number of aryl methyl sites for hydroxylation is 1. The van der Waals surface area contributed by atoms with Crippen molar-refractivity contribution in [2.75, 3.05) is 13.1 Å². The van der Waals surface area contributed by atoms with Crippen LogP contribution in [0, 0.1) is 6.92 Å². The molecule has 2 heterocycles. The van der Waals surface area contributed by atoms with Crippen LogP contribution >= 0.6 is 11.5 Å². The number of amides is 1. The number of carbonyl (C=O) groups excluding carboxylic acids is 1. The van der Waals surface area contributed by atoms with Gasteiger partial charge in [-0.2, -0.15) is 4.37 Å². The van der Waals surface area contributed by atoms with Crippen LogP contribution in [0.2, 0.25) is 0 Å². The molecule has 1 fully saturated rings. The van der Waals surface area contributed by atoms with E-state index in [-0.39, 0.29) is 18.6 Å². The van der Waals surface area contributed by atoms with Crippen molar-refractivity contribution in [3.63, 3.8) is 0 Å². The first-order valence-electron chi connectivity index (χ1n) is 5.57. The molecular formula is C11H14N2O4S. The van der Waals surface area contributed by atoms with Crippen LogP contribution in [0.15, 0.2) is 5.38 Å². The molecule has 1 N–H and O–H groups in total. The van der Waals surface area contributed by atoms with Gasteiger partial charge in [-0.05, 0) is 25.4 Å². The Labute approximate surface area is 108 Å². The second-order valence-corrected chi connectivity index (χ2v) is 4.93. The van der Waals surface area contributed by atoms with Gasteiger partial charge in [0.25, 0.3) is 5.91 Å². The fourth-order valence-corrected chi connectivity index (χ4v) is 2.61. The predicted octanol–water partition coefficient (Wildman–Crippen LogP) is 0.766. The Morgan fingerprint density at radius 2 is 2.28 bits per heavy atom. The fourth-order valence-electron chi connectivity index (χ4n) is 1.92. The van der Waals surface area contributed by atoms with Crippen LogP contribution in [0.4, 0.5) is 0 Å². The van der Waals surface area contributed by atoms with E-state index < -0.39 is 12.1 Å². The van der Waals surface area contributed by atoms with Crippen molar-refractivity contribution in [1.82, 2.24) is 9.27 Å². The Morgan fingerprint density at radius 3 is 2.83 bits per heavy atom. The van der Waals surface area contributed by atoms with Gasteiger partial charge in [-0.1, -0.05) is 0 Å². The number of ether oxygens (including phenoxy) is 1. The molecule has 1 aromatic rings. The average molecular weight is 270 g/mol. The maximum absolute atomic E-state index is 12.2. The van der Waals surface area contributed by atoms with E-state index >= 15 is 0 Å². The lowest BCUT2D eigenvalue weighted by Crippen LogP contribution is -2.51. The lowest BCUT2D eigenvalue weighted by atomic mass is 10.1. The molecule has 1 aliphatic heterocycles. The first-order chi connectivity index (χ1) is 8.49. The minimum absolute atomic E-state index is 0.0772. The minimum atomic E-state index is -1.04. The van der Waals surface area contributed by atoms with E-state index in [1.54, 1.807) is 19.2 Å². The number of carboxylic acids is 1. The number of rotatable bonds is 2. The predicted molar refractivity (Wildman–Crippen MR) is 64.7 cm³/mol. The van der Waals surface area contributed by atoms with Crippen molar-refractivity contribution >= 4 is 23.4 Å². The Balaban J connectivity index is 2.15. The molecule has 1 aliphatic rings. The van der Waals surface area contributed by atoms with Crippen molar-refractivity contribution < 1.29 is 19.4 Å². The lowest BCUT2D eigenvalue weighted by molar-refractivity contribution is -0.160. The molecule has 0 aromatic carbocycles. The van der Waals surface area contributed by atoms with Crippen molar-refractivity contribution in [2.24, 2.45) is 0 Å². The summed E-state index contributed by atoms with van der Waals surface area (Å²) in [6.45, 7) is 4.00. The maximum Gasteiger partial charge on any atom is 0.334 e. The Kier molecular flexibility index (Phi) is 3.63. The molecule has 98 valence electrons. The molecule has 0 spiro atoms. The van der Waals surface area contributed by atoms with Crippen LogP contribution in [0.3, 0.4) is 0 Å². The Bertz CT molecular complexity index is 473. The van der Waals surface area contributed by atoms with Crippen molar-refractivity contribution in [2.45, 2.75) is 26.1 Å². The van der Waals surface area contributed by atoms with Gasteiger partial charge in [0, 0.05) is 11.9 Å². The summed E-state index contributed by atoms with van der Waals surface area (Å²) in [4.78, 5) is 24.7. The van der Waals surface area contributed by atoms with E-state index in [1.165, 1.54) is 16.4 Å². The van der Waals surface area contributed by atoms with E-state index in [1.807, 2.05) is 0 Å². The van der Waals surface area contributed by atoms with Crippen LogP contribution in [0.1, 0.15) is 23.0 Å². The third-order valence-corrected chi connectivity index (χ3v) is 3.52. The summed E-state index contributed by atoms with van der Waals surface area (Å²) in [6.07, 6.45) is -1.24. The van der Waals surface area contributed by atoms with Gasteiger partial charge in [0.2, 0.25) is 0 Å². The number of hydrogen-bond acceptors (Lipinski definition) is 5. The van der Waals surface area contributed by atoms with Gasteiger partial charge in [-0.3, -0.25) is 4.79 Å². The number of carbonyl (C=O) groups is 2. The summed E-state index contributed by atoms with van der Waals surface area (Å²) < 4.78 is 9.32. The number of aromatic nitrogens is 1. The lowest BCUT2D eigenvalue weighted by Gasteiger charge is -2.34. The topological polar surface area (TPSA) is 79.7 Å². The van der Waals surface area contributed by atoms with Gasteiger partial charge in [-0.25, -0.2) is 4.79 Å². The first-order valence-corrected chi connectivity index (χ1v) is 6.41. The zero-order valence-corrected chi connectivity index (χ0v) is 10.9. The number of carboxylic acid groups (broad SMARTS) is 1. The normalized spacial score (nSPS) is 24.0. The smallest absolute Gasteiger partial charge is 0.334 e. The Hall–Kier alpha value is -1.47. The standard InChI is InChI=1S/C11H14N2O4S/c1-6-3-13(4-9(17-6)11(15)16)10(14)8-5-18-12-7(8)2/h5-6,9H,3-4H2,1-2H3,(H,15,16)/t6-,9?/m1/s1. The van der Waals surface area contributed by atoms with Crippen molar-refractivity contribution in [3.05, 3.63) is 16.6 Å². The summed E-state index contributed by atoms with van der Waals surface area (Å²) in [7, 11) is 0. The van der Waals surface area contributed by atoms with Gasteiger partial charge in [0.05, 0.1) is 23.9 Å². The zero-order chi connectivity index (χ0) is 13.3. The third kappa shape index (κ3) is 2.51. The second-order valence-electron chi connectivity index (χ2n) is 4.30. The van der Waals surface area contributed by atoms with Crippen LogP contribution in [-0.2, 0) is 9.53 Å². The van der Waals surface area contributed by atoms with Gasteiger partial charge in [0.15, 0.2) is 6.10 Å². The maximum atomic E-state index is 12.2. The molecule has 0 saturated carbocycles. The molecule has 2 atom stereocenters. The van der Waals surface area contributed by atoms with Gasteiger partial charge >= 0.3 is 5.97 Å². The van der Waals surface area contributed by atoms with Crippen LogP contribution in [-0.4, -0.2) is 51.6 Å². The summed E-state index contributed by atoms with van der Waals surface area (Å²) >= 11 is 1.22. The van der Waals surface area contributed by atoms with Crippen LogP contribution < -0.4 is 0 Å². The van der Waals surface area contributed by atoms with Crippen LogP contribution in [0.25, 0.3) is 0 Å². The highest BCUT2D eigenvalue weighted by molar-refractivity contribution is 7.03. The quantitative estimate of drug-likeness (QED) is 0.858. The third-order valence-electron chi connectivity index (χ3n) is 2.80. The largest absolute Gasteiger partial charge is 0.479 e. The number of aliphatic carboxylic acids is 1. The minimum Gasteiger partial charge on any atom is -0.479 e. The Morgan fingerprint density at radius 1 is 1.56 bits per heavy atom. The monoisotopic (exact) mass is 270 g/mol. The molecule has 0 radical (unpaired) electrons. The molecule has 7 heteroatoms. The molecular weight excluding hydrogens is 256 g/mol.